The summed E-state index contributed by atoms with van der Waals surface area (Å²) in [4.78, 5) is 166. The fraction of sp³-hybridized carbons (Fsp3) is 0.592. The summed E-state index contributed by atoms with van der Waals surface area (Å²) in [6.07, 6.45) is 0.310. The molecule has 4 heterocycles. The molecule has 5 aliphatic rings. The monoisotopic (exact) mass is 1070 g/mol. The Hall–Kier alpha value is -7.61. The molecule has 6 atom stereocenters. The van der Waals surface area contributed by atoms with Gasteiger partial charge < -0.3 is 63.0 Å². The van der Waals surface area contributed by atoms with Gasteiger partial charge in [0.1, 0.15) is 41.8 Å². The number of benzene rings is 1. The van der Waals surface area contributed by atoms with E-state index in [1.165, 1.54) is 9.80 Å². The number of nitrogens with zero attached hydrogens (tertiary/aromatic N) is 3. The zero-order valence-electron chi connectivity index (χ0n) is 42.0. The number of carbonyl (C=O) groups is 12. The van der Waals surface area contributed by atoms with Crippen LogP contribution in [0.1, 0.15) is 95.1 Å². The van der Waals surface area contributed by atoms with Crippen LogP contribution in [0.15, 0.2) is 36.4 Å². The molecule has 0 aromatic heterocycles. The molecule has 6 rings (SSSR count). The summed E-state index contributed by atoms with van der Waals surface area (Å²) in [7, 11) is 0. The van der Waals surface area contributed by atoms with Crippen LogP contribution in [0.2, 0.25) is 0 Å². The average molecular weight is 1070 g/mol. The molecule has 12 amide bonds. The number of rotatable bonds is 5. The Morgan fingerprint density at radius 3 is 1.89 bits per heavy atom. The minimum Gasteiger partial charge on any atom is -0.368 e. The van der Waals surface area contributed by atoms with E-state index in [-0.39, 0.29) is 76.6 Å². The standard InChI is InChI=1S/C49H65F3N12O12/c1-2-9-30-42(71)56-27-40(69)62-20-6-11-33(62)44(73)60-31-10-4-3-5-19-64(46(31)75)35(22-28-13-15-29(16-14-28)49(50,51)52)43(72)55-24-37(66)54-26-39(68)63-21-7-12-34(63)45(74)61-48(17-8-18-48)47(76)57-25-38(67)59-32(41(53)70)23-36(65)58-30/h3-4,13-16,30-35H,2,5-12,17-27H2,1H3,(H2,53,70)(H,54,66)(H,55,72)(H,56,71)(H,57,76)(H,58,65)(H,59,67)(H,60,73)(H,61,74). The Morgan fingerprint density at radius 1 is 0.671 bits per heavy atom. The van der Waals surface area contributed by atoms with Gasteiger partial charge in [0.25, 0.3) is 0 Å². The van der Waals surface area contributed by atoms with Gasteiger partial charge in [0.05, 0.1) is 38.2 Å². The zero-order chi connectivity index (χ0) is 55.3. The van der Waals surface area contributed by atoms with Crippen molar-refractivity contribution in [1.82, 2.24) is 57.2 Å². The molecule has 0 radical (unpaired) electrons. The van der Waals surface area contributed by atoms with Gasteiger partial charge in [-0.15, -0.1) is 0 Å². The van der Waals surface area contributed by atoms with E-state index in [4.69, 9.17) is 5.73 Å². The number of fused-ring (bicyclic) bond motifs is 4. The number of halogens is 3. The molecule has 6 unspecified atom stereocenters. The largest absolute Gasteiger partial charge is 0.416 e. The van der Waals surface area contributed by atoms with Gasteiger partial charge in [-0.2, -0.15) is 13.2 Å². The lowest BCUT2D eigenvalue weighted by molar-refractivity contribution is -0.145. The van der Waals surface area contributed by atoms with Gasteiger partial charge in [-0.3, -0.25) is 57.5 Å². The molecule has 1 spiro atoms. The maximum Gasteiger partial charge on any atom is 0.416 e. The first-order valence-corrected chi connectivity index (χ1v) is 25.4. The van der Waals surface area contributed by atoms with Gasteiger partial charge in [-0.1, -0.05) is 37.6 Å². The van der Waals surface area contributed by atoms with Crippen molar-refractivity contribution < 1.29 is 70.7 Å². The van der Waals surface area contributed by atoms with Crippen molar-refractivity contribution in [2.24, 2.45) is 5.73 Å². The van der Waals surface area contributed by atoms with Gasteiger partial charge >= 0.3 is 6.18 Å². The Morgan fingerprint density at radius 2 is 1.29 bits per heavy atom. The van der Waals surface area contributed by atoms with E-state index in [0.717, 1.165) is 29.2 Å². The molecule has 27 heteroatoms. The number of primary amides is 1. The lowest BCUT2D eigenvalue weighted by Gasteiger charge is -2.41. The number of alkyl halides is 3. The van der Waals surface area contributed by atoms with Crippen LogP contribution < -0.4 is 48.3 Å². The molecule has 2 bridgehead atoms. The molecule has 1 saturated carbocycles. The van der Waals surface area contributed by atoms with E-state index in [2.05, 4.69) is 42.5 Å². The van der Waals surface area contributed by atoms with Crippen molar-refractivity contribution >= 4 is 70.9 Å². The van der Waals surface area contributed by atoms with Crippen LogP contribution >= 0.6 is 0 Å². The molecule has 76 heavy (non-hydrogen) atoms. The summed E-state index contributed by atoms with van der Waals surface area (Å²) < 4.78 is 40.6. The molecule has 414 valence electrons. The average Bonchev–Trinajstić information content (AvgIpc) is 4.07. The smallest absolute Gasteiger partial charge is 0.368 e. The Balaban J connectivity index is 1.24. The van der Waals surface area contributed by atoms with Gasteiger partial charge in [-0.25, -0.2) is 0 Å². The van der Waals surface area contributed by atoms with Crippen molar-refractivity contribution in [2.45, 2.75) is 138 Å². The predicted molar refractivity (Wildman–Crippen MR) is 260 cm³/mol. The van der Waals surface area contributed by atoms with Crippen LogP contribution in [0.3, 0.4) is 0 Å². The summed E-state index contributed by atoms with van der Waals surface area (Å²) in [6.45, 7) is -0.798. The topological polar surface area (TPSA) is 337 Å². The first-order valence-electron chi connectivity index (χ1n) is 25.4. The van der Waals surface area contributed by atoms with E-state index in [1.807, 2.05) is 0 Å². The second-order valence-electron chi connectivity index (χ2n) is 19.4. The second-order valence-corrected chi connectivity index (χ2v) is 19.4. The van der Waals surface area contributed by atoms with E-state index >= 15 is 0 Å². The van der Waals surface area contributed by atoms with Gasteiger partial charge in [0, 0.05) is 26.1 Å². The Bertz CT molecular complexity index is 2450. The Labute approximate surface area is 435 Å². The highest BCUT2D eigenvalue weighted by atomic mass is 19.4. The normalized spacial score (nSPS) is 26.6. The fourth-order valence-electron chi connectivity index (χ4n) is 9.81. The van der Waals surface area contributed by atoms with Crippen LogP contribution in [0.4, 0.5) is 13.2 Å². The van der Waals surface area contributed by atoms with Crippen molar-refractivity contribution in [2.75, 3.05) is 45.8 Å². The molecule has 1 aliphatic carbocycles. The second kappa shape index (κ2) is 25.8. The maximum atomic E-state index is 14.5. The Kier molecular flexibility index (Phi) is 19.5. The highest BCUT2D eigenvalue weighted by Gasteiger charge is 2.48. The molecule has 4 aliphatic heterocycles. The minimum atomic E-state index is -4.67. The van der Waals surface area contributed by atoms with E-state index in [9.17, 15) is 70.7 Å². The number of carbonyl (C=O) groups excluding carboxylic acids is 12. The predicted octanol–water partition coefficient (Wildman–Crippen LogP) is -2.58. The SMILES string of the molecule is CCCC1NC(=O)CC(C(N)=O)NC(=O)CNC(=O)C2(CCC2)NC(=O)C2CCCN2C(=O)CNC(=O)CNC(=O)C(Cc2ccc(C(F)(F)F)cc2)N2CCC=CCC(NC(=O)C3CCCN3C(=O)CNC1=O)C2=O. The molecule has 3 saturated heterocycles. The van der Waals surface area contributed by atoms with Crippen molar-refractivity contribution in [1.29, 1.82) is 0 Å². The summed E-state index contributed by atoms with van der Waals surface area (Å²) in [6, 6.07) is -3.78. The highest BCUT2D eigenvalue weighted by Crippen LogP contribution is 2.33. The van der Waals surface area contributed by atoms with Crippen LogP contribution in [-0.2, 0) is 70.1 Å². The van der Waals surface area contributed by atoms with Crippen molar-refractivity contribution in [3.63, 3.8) is 0 Å². The quantitative estimate of drug-likeness (QED) is 0.138. The first kappa shape index (κ1) is 57.7. The molecular formula is C49H65F3N12O12. The molecule has 1 aromatic carbocycles. The number of nitrogens with two attached hydrogens (primary N) is 1. The van der Waals surface area contributed by atoms with Gasteiger partial charge in [0.15, 0.2) is 0 Å². The molecule has 10 N–H and O–H groups in total. The van der Waals surface area contributed by atoms with Crippen LogP contribution in [0.5, 0.6) is 0 Å². The number of hydrogen-bond acceptors (Lipinski definition) is 12. The van der Waals surface area contributed by atoms with Gasteiger partial charge in [-0.05, 0) is 81.9 Å². The third kappa shape index (κ3) is 14.8. The van der Waals surface area contributed by atoms with Crippen LogP contribution in [0, 0.1) is 0 Å². The maximum absolute atomic E-state index is 14.5. The van der Waals surface area contributed by atoms with Gasteiger partial charge in [0.2, 0.25) is 70.9 Å². The third-order valence-electron chi connectivity index (χ3n) is 14.1. The van der Waals surface area contributed by atoms with Crippen molar-refractivity contribution in [3.05, 3.63) is 47.5 Å². The van der Waals surface area contributed by atoms with E-state index in [0.29, 0.717) is 25.7 Å². The lowest BCUT2D eigenvalue weighted by atomic mass is 9.75. The molecule has 1 aromatic rings. The fourth-order valence-corrected chi connectivity index (χ4v) is 9.81. The third-order valence-corrected chi connectivity index (χ3v) is 14.1. The summed E-state index contributed by atoms with van der Waals surface area (Å²) in [5.74, 6) is -9.64. The molecule has 4 fully saturated rings. The zero-order valence-corrected chi connectivity index (χ0v) is 42.0. The van der Waals surface area contributed by atoms with E-state index in [1.54, 1.807) is 19.1 Å². The first-order chi connectivity index (χ1) is 36.1. The highest BCUT2D eigenvalue weighted by molar-refractivity contribution is 6.00. The number of nitrogens with one attached hydrogen (secondary N) is 8. The molecule has 24 nitrogen and oxygen atoms in total. The summed E-state index contributed by atoms with van der Waals surface area (Å²) in [5, 5.41) is 20.0. The minimum absolute atomic E-state index is 0.0598. The summed E-state index contributed by atoms with van der Waals surface area (Å²) >= 11 is 0. The van der Waals surface area contributed by atoms with E-state index < -0.39 is 157 Å². The molecular weight excluding hydrogens is 1010 g/mol. The lowest BCUT2D eigenvalue weighted by Crippen LogP contribution is -2.66. The number of hydrogen-bond donors (Lipinski definition) is 9. The number of amides is 12. The van der Waals surface area contributed by atoms with Crippen molar-refractivity contribution in [3.8, 4) is 0 Å². The van der Waals surface area contributed by atoms with Crippen LogP contribution in [-0.4, -0.2) is 173 Å². The summed E-state index contributed by atoms with van der Waals surface area (Å²) in [5.41, 5.74) is 3.31. The van der Waals surface area contributed by atoms with Crippen LogP contribution in [0.25, 0.3) is 0 Å².